The van der Waals surface area contributed by atoms with Gasteiger partial charge in [-0.25, -0.2) is 9.59 Å². The molecule has 0 N–H and O–H groups in total. The Balaban J connectivity index is 1.79. The highest BCUT2D eigenvalue weighted by atomic mass is 16.6. The SMILES string of the molecule is CCCCCCCCOC(=O)c1ccc(OC(=O)c2ccc([N+](=O)[O-])cc2)cc1. The van der Waals surface area contributed by atoms with Gasteiger partial charge in [-0.15, -0.1) is 0 Å². The molecule has 154 valence electrons. The van der Waals surface area contributed by atoms with Crippen LogP contribution in [0.2, 0.25) is 0 Å². The van der Waals surface area contributed by atoms with Crippen molar-refractivity contribution in [3.05, 3.63) is 69.8 Å². The Bertz CT molecular complexity index is 814. The van der Waals surface area contributed by atoms with Gasteiger partial charge in [-0.05, 0) is 42.8 Å². The van der Waals surface area contributed by atoms with Crippen molar-refractivity contribution in [2.45, 2.75) is 45.4 Å². The Morgan fingerprint density at radius 1 is 0.828 bits per heavy atom. The van der Waals surface area contributed by atoms with Gasteiger partial charge in [0.1, 0.15) is 5.75 Å². The molecule has 0 fully saturated rings. The number of benzene rings is 2. The van der Waals surface area contributed by atoms with E-state index in [-0.39, 0.29) is 17.0 Å². The third-order valence-electron chi connectivity index (χ3n) is 4.35. The number of ether oxygens (including phenoxy) is 2. The molecular weight excluding hydrogens is 374 g/mol. The van der Waals surface area contributed by atoms with E-state index in [1.807, 2.05) is 0 Å². The van der Waals surface area contributed by atoms with Crippen LogP contribution >= 0.6 is 0 Å². The summed E-state index contributed by atoms with van der Waals surface area (Å²) in [5.41, 5.74) is 0.467. The normalized spacial score (nSPS) is 10.4. The molecule has 0 spiro atoms. The Morgan fingerprint density at radius 3 is 2.00 bits per heavy atom. The minimum Gasteiger partial charge on any atom is -0.462 e. The Kier molecular flexibility index (Phi) is 8.82. The van der Waals surface area contributed by atoms with E-state index in [4.69, 9.17) is 9.47 Å². The van der Waals surface area contributed by atoms with E-state index in [2.05, 4.69) is 6.92 Å². The number of carbonyl (C=O) groups excluding carboxylic acids is 2. The van der Waals surface area contributed by atoms with E-state index >= 15 is 0 Å². The summed E-state index contributed by atoms with van der Waals surface area (Å²) in [7, 11) is 0. The molecule has 2 aromatic rings. The first kappa shape index (κ1) is 22.1. The fraction of sp³-hybridized carbons (Fsp3) is 0.364. The number of hydrogen-bond donors (Lipinski definition) is 0. The van der Waals surface area contributed by atoms with Crippen LogP contribution in [-0.2, 0) is 4.74 Å². The number of nitrogens with zero attached hydrogens (tertiary/aromatic N) is 1. The lowest BCUT2D eigenvalue weighted by atomic mass is 10.1. The molecule has 7 nitrogen and oxygen atoms in total. The van der Waals surface area contributed by atoms with Crippen LogP contribution in [0, 0.1) is 10.1 Å². The van der Waals surface area contributed by atoms with Crippen LogP contribution < -0.4 is 4.74 Å². The Labute approximate surface area is 169 Å². The monoisotopic (exact) mass is 399 g/mol. The number of nitro benzene ring substituents is 1. The van der Waals surface area contributed by atoms with Crippen molar-refractivity contribution in [2.24, 2.45) is 0 Å². The van der Waals surface area contributed by atoms with Crippen molar-refractivity contribution in [1.29, 1.82) is 0 Å². The number of carbonyl (C=O) groups is 2. The molecule has 0 unspecified atom stereocenters. The quantitative estimate of drug-likeness (QED) is 0.167. The van der Waals surface area contributed by atoms with Gasteiger partial charge in [0.25, 0.3) is 5.69 Å². The lowest BCUT2D eigenvalue weighted by molar-refractivity contribution is -0.384. The zero-order valence-electron chi connectivity index (χ0n) is 16.5. The van der Waals surface area contributed by atoms with Crippen LogP contribution in [0.4, 0.5) is 5.69 Å². The average molecular weight is 399 g/mol. The molecule has 0 atom stereocenters. The van der Waals surface area contributed by atoms with Crippen LogP contribution in [0.5, 0.6) is 5.75 Å². The van der Waals surface area contributed by atoms with E-state index in [1.165, 1.54) is 67.8 Å². The van der Waals surface area contributed by atoms with E-state index in [9.17, 15) is 19.7 Å². The maximum atomic E-state index is 12.1. The Hall–Kier alpha value is -3.22. The van der Waals surface area contributed by atoms with Crippen molar-refractivity contribution in [1.82, 2.24) is 0 Å². The first-order valence-electron chi connectivity index (χ1n) is 9.75. The van der Waals surface area contributed by atoms with Crippen LogP contribution in [0.25, 0.3) is 0 Å². The fourth-order valence-electron chi connectivity index (χ4n) is 2.67. The number of hydrogen-bond acceptors (Lipinski definition) is 6. The van der Waals surface area contributed by atoms with Crippen molar-refractivity contribution >= 4 is 17.6 Å². The number of nitro groups is 1. The third-order valence-corrected chi connectivity index (χ3v) is 4.35. The Morgan fingerprint density at radius 2 is 1.38 bits per heavy atom. The molecular formula is C22H25NO6. The molecule has 0 heterocycles. The highest BCUT2D eigenvalue weighted by Crippen LogP contribution is 2.17. The maximum Gasteiger partial charge on any atom is 0.343 e. The average Bonchev–Trinajstić information content (AvgIpc) is 2.73. The second kappa shape index (κ2) is 11.6. The minimum absolute atomic E-state index is 0.106. The van der Waals surface area contributed by atoms with Gasteiger partial charge in [0.15, 0.2) is 0 Å². The molecule has 0 radical (unpaired) electrons. The molecule has 0 aliphatic rings. The highest BCUT2D eigenvalue weighted by molar-refractivity contribution is 5.92. The van der Waals surface area contributed by atoms with Crippen molar-refractivity contribution < 1.29 is 24.0 Å². The lowest BCUT2D eigenvalue weighted by Gasteiger charge is -2.07. The van der Waals surface area contributed by atoms with E-state index in [1.54, 1.807) is 0 Å². The standard InChI is InChI=1S/C22H25NO6/c1-2-3-4-5-6-7-16-28-21(24)17-10-14-20(15-11-17)29-22(25)18-8-12-19(13-9-18)23(26)27/h8-15H,2-7,16H2,1H3. The first-order chi connectivity index (χ1) is 14.0. The second-order valence-electron chi connectivity index (χ2n) is 6.62. The summed E-state index contributed by atoms with van der Waals surface area (Å²) in [6, 6.07) is 11.2. The summed E-state index contributed by atoms with van der Waals surface area (Å²) in [5, 5.41) is 10.6. The van der Waals surface area contributed by atoms with E-state index in [0.717, 1.165) is 19.3 Å². The van der Waals surface area contributed by atoms with Gasteiger partial charge in [0.2, 0.25) is 0 Å². The second-order valence-corrected chi connectivity index (χ2v) is 6.62. The minimum atomic E-state index is -0.640. The molecule has 2 aromatic carbocycles. The lowest BCUT2D eigenvalue weighted by Crippen LogP contribution is -2.09. The van der Waals surface area contributed by atoms with E-state index in [0.29, 0.717) is 12.2 Å². The van der Waals surface area contributed by atoms with Gasteiger partial charge < -0.3 is 9.47 Å². The number of esters is 2. The summed E-state index contributed by atoms with van der Waals surface area (Å²) in [6.45, 7) is 2.56. The van der Waals surface area contributed by atoms with E-state index < -0.39 is 16.9 Å². The number of non-ortho nitro benzene ring substituents is 1. The van der Waals surface area contributed by atoms with Crippen molar-refractivity contribution in [2.75, 3.05) is 6.61 Å². The van der Waals surface area contributed by atoms with Crippen LogP contribution in [0.1, 0.15) is 66.2 Å². The van der Waals surface area contributed by atoms with Crippen LogP contribution in [-0.4, -0.2) is 23.5 Å². The smallest absolute Gasteiger partial charge is 0.343 e. The van der Waals surface area contributed by atoms with Gasteiger partial charge in [-0.2, -0.15) is 0 Å². The molecule has 0 saturated carbocycles. The van der Waals surface area contributed by atoms with Gasteiger partial charge in [0, 0.05) is 12.1 Å². The number of rotatable bonds is 11. The topological polar surface area (TPSA) is 95.7 Å². The predicted molar refractivity (Wildman–Crippen MR) is 108 cm³/mol. The molecule has 0 saturated heterocycles. The molecule has 7 heteroatoms. The van der Waals surface area contributed by atoms with Gasteiger partial charge >= 0.3 is 11.9 Å². The highest BCUT2D eigenvalue weighted by Gasteiger charge is 2.12. The number of unbranched alkanes of at least 4 members (excludes halogenated alkanes) is 5. The molecule has 0 aliphatic heterocycles. The van der Waals surface area contributed by atoms with Gasteiger partial charge in [-0.1, -0.05) is 39.0 Å². The largest absolute Gasteiger partial charge is 0.462 e. The van der Waals surface area contributed by atoms with Crippen LogP contribution in [0.15, 0.2) is 48.5 Å². The summed E-state index contributed by atoms with van der Waals surface area (Å²) in [4.78, 5) is 34.2. The molecule has 29 heavy (non-hydrogen) atoms. The van der Waals surface area contributed by atoms with Gasteiger partial charge in [0.05, 0.1) is 22.7 Å². The molecule has 0 aliphatic carbocycles. The van der Waals surface area contributed by atoms with Crippen LogP contribution in [0.3, 0.4) is 0 Å². The molecule has 0 amide bonds. The molecule has 0 aromatic heterocycles. The zero-order valence-corrected chi connectivity index (χ0v) is 16.5. The predicted octanol–water partition coefficient (Wildman–Crippen LogP) is 5.33. The summed E-state index contributed by atoms with van der Waals surface area (Å²) < 4.78 is 10.5. The summed E-state index contributed by atoms with van der Waals surface area (Å²) in [5.74, 6) is -0.786. The zero-order chi connectivity index (χ0) is 21.1. The fourth-order valence-corrected chi connectivity index (χ4v) is 2.67. The summed E-state index contributed by atoms with van der Waals surface area (Å²) in [6.07, 6.45) is 6.70. The summed E-state index contributed by atoms with van der Waals surface area (Å²) >= 11 is 0. The van der Waals surface area contributed by atoms with Crippen molar-refractivity contribution in [3.63, 3.8) is 0 Å². The molecule has 0 bridgehead atoms. The van der Waals surface area contributed by atoms with Gasteiger partial charge in [-0.3, -0.25) is 10.1 Å². The third kappa shape index (κ3) is 7.37. The maximum absolute atomic E-state index is 12.1. The van der Waals surface area contributed by atoms with Crippen molar-refractivity contribution in [3.8, 4) is 5.75 Å². The first-order valence-corrected chi connectivity index (χ1v) is 9.75. The molecule has 2 rings (SSSR count).